The molecule has 2 aliphatic carbocycles. The predicted molar refractivity (Wildman–Crippen MR) is 163 cm³/mol. The standard InChI is InChI=1S/C34H43N3O7/c1-34(2,3)24-17-29(38)44-30-19(13-20-14-23(20)30)9-7-6-8-10-26-31(36-27-15-21(41-4)11-12-25(27)35-26)43-22-16-28(33(40)42-5)37(18-22)32(24)39/h8,10-12,15,19-20,22-24,28,30H,6-7,9,13-14,16-18H2,1-5H3/b10-8+/t19-,20+,22-,23-,24-,28+,30+/m1/s1. The normalized spacial score (nSPS) is 31.5. The van der Waals surface area contributed by atoms with E-state index < -0.39 is 29.4 Å². The Morgan fingerprint density at radius 2 is 1.84 bits per heavy atom. The smallest absolute Gasteiger partial charge is 0.328 e. The van der Waals surface area contributed by atoms with Crippen LogP contribution in [0.25, 0.3) is 17.1 Å². The lowest BCUT2D eigenvalue weighted by molar-refractivity contribution is -0.160. The van der Waals surface area contributed by atoms with E-state index in [0.29, 0.717) is 46.1 Å². The number of benzene rings is 1. The molecule has 1 aromatic heterocycles. The molecule has 2 aromatic rings. The van der Waals surface area contributed by atoms with Crippen molar-refractivity contribution >= 4 is 35.0 Å². The highest BCUT2D eigenvalue weighted by molar-refractivity contribution is 5.89. The summed E-state index contributed by atoms with van der Waals surface area (Å²) in [7, 11) is 2.91. The largest absolute Gasteiger partial charge is 0.497 e. The van der Waals surface area contributed by atoms with E-state index in [1.54, 1.807) is 13.2 Å². The molecule has 1 aromatic carbocycles. The lowest BCUT2D eigenvalue weighted by atomic mass is 9.77. The molecule has 3 heterocycles. The first-order valence-corrected chi connectivity index (χ1v) is 15.8. The number of carbonyl (C=O) groups is 3. The zero-order valence-electron chi connectivity index (χ0n) is 26.3. The molecule has 7 atom stereocenters. The van der Waals surface area contributed by atoms with Gasteiger partial charge in [0.1, 0.15) is 29.7 Å². The minimum atomic E-state index is -0.848. The molecule has 3 fully saturated rings. The van der Waals surface area contributed by atoms with E-state index in [1.807, 2.05) is 39.0 Å². The highest BCUT2D eigenvalue weighted by atomic mass is 16.5. The summed E-state index contributed by atoms with van der Waals surface area (Å²) in [6, 6.07) is 4.67. The third-order valence-electron chi connectivity index (χ3n) is 9.83. The fraction of sp³-hybridized carbons (Fsp3) is 0.618. The first kappa shape index (κ1) is 30.3. The van der Waals surface area contributed by atoms with Gasteiger partial charge in [0.2, 0.25) is 11.8 Å². The molecule has 2 aliphatic heterocycles. The van der Waals surface area contributed by atoms with Crippen LogP contribution in [0.15, 0.2) is 24.3 Å². The second-order valence-electron chi connectivity index (χ2n) is 13.8. The van der Waals surface area contributed by atoms with Crippen molar-refractivity contribution in [3.8, 4) is 11.6 Å². The number of esters is 2. The highest BCUT2D eigenvalue weighted by Gasteiger charge is 2.55. The quantitative estimate of drug-likeness (QED) is 0.437. The third-order valence-corrected chi connectivity index (χ3v) is 9.83. The zero-order chi connectivity index (χ0) is 31.2. The number of allylic oxidation sites excluding steroid dienone is 1. The van der Waals surface area contributed by atoms with Gasteiger partial charge in [0.25, 0.3) is 0 Å². The number of fused-ring (bicyclic) bond motifs is 7. The number of ether oxygens (including phenoxy) is 4. The topological polar surface area (TPSA) is 117 Å². The number of methoxy groups -OCH3 is 2. The summed E-state index contributed by atoms with van der Waals surface area (Å²) in [4.78, 5) is 51.8. The minimum absolute atomic E-state index is 0.0380. The van der Waals surface area contributed by atoms with Crippen molar-refractivity contribution in [2.75, 3.05) is 20.8 Å². The lowest BCUT2D eigenvalue weighted by Crippen LogP contribution is -2.48. The average Bonchev–Trinajstić information content (AvgIpc) is 3.50. The van der Waals surface area contributed by atoms with E-state index in [0.717, 1.165) is 32.1 Å². The molecule has 0 N–H and O–H groups in total. The van der Waals surface area contributed by atoms with Crippen LogP contribution in [-0.4, -0.2) is 71.7 Å². The van der Waals surface area contributed by atoms with Gasteiger partial charge in [-0.05, 0) is 73.5 Å². The van der Waals surface area contributed by atoms with Gasteiger partial charge in [0, 0.05) is 12.5 Å². The summed E-state index contributed by atoms with van der Waals surface area (Å²) in [5, 5.41) is 0. The van der Waals surface area contributed by atoms with Crippen LogP contribution in [0, 0.1) is 29.1 Å². The molecule has 0 unspecified atom stereocenters. The van der Waals surface area contributed by atoms with Crippen LogP contribution in [-0.2, 0) is 23.9 Å². The molecule has 10 nitrogen and oxygen atoms in total. The number of rotatable bonds is 2. The maximum Gasteiger partial charge on any atom is 0.328 e. The molecule has 236 valence electrons. The van der Waals surface area contributed by atoms with Gasteiger partial charge in [-0.3, -0.25) is 9.59 Å². The molecule has 2 saturated carbocycles. The van der Waals surface area contributed by atoms with E-state index in [9.17, 15) is 14.4 Å². The molecule has 44 heavy (non-hydrogen) atoms. The molecule has 10 heteroatoms. The molecule has 6 rings (SSSR count). The van der Waals surface area contributed by atoms with Gasteiger partial charge in [-0.15, -0.1) is 0 Å². The van der Waals surface area contributed by atoms with Crippen LogP contribution in [0.4, 0.5) is 0 Å². The van der Waals surface area contributed by atoms with E-state index >= 15 is 0 Å². The predicted octanol–water partition coefficient (Wildman–Crippen LogP) is 4.98. The van der Waals surface area contributed by atoms with Gasteiger partial charge >= 0.3 is 11.9 Å². The summed E-state index contributed by atoms with van der Waals surface area (Å²) in [5.74, 6) is 0.567. The second-order valence-corrected chi connectivity index (χ2v) is 13.8. The number of hydrogen-bond donors (Lipinski definition) is 0. The van der Waals surface area contributed by atoms with Crippen molar-refractivity contribution in [3.63, 3.8) is 0 Å². The van der Waals surface area contributed by atoms with Crippen LogP contribution in [0.5, 0.6) is 11.6 Å². The number of nitrogens with zero attached hydrogens (tertiary/aromatic N) is 3. The summed E-state index contributed by atoms with van der Waals surface area (Å²) in [6.45, 7) is 5.98. The molecular formula is C34H43N3O7. The lowest BCUT2D eigenvalue weighted by Gasteiger charge is -2.34. The summed E-state index contributed by atoms with van der Waals surface area (Å²) in [5.41, 5.74) is 1.36. The van der Waals surface area contributed by atoms with E-state index in [2.05, 4.69) is 6.08 Å². The maximum absolute atomic E-state index is 14.2. The van der Waals surface area contributed by atoms with Gasteiger partial charge < -0.3 is 23.8 Å². The summed E-state index contributed by atoms with van der Waals surface area (Å²) < 4.78 is 23.1. The molecule has 1 saturated heterocycles. The fourth-order valence-corrected chi connectivity index (χ4v) is 7.30. The Morgan fingerprint density at radius 3 is 2.59 bits per heavy atom. The highest BCUT2D eigenvalue weighted by Crippen LogP contribution is 2.57. The maximum atomic E-state index is 14.2. The van der Waals surface area contributed by atoms with Crippen molar-refractivity contribution in [2.24, 2.45) is 29.1 Å². The molecule has 0 spiro atoms. The minimum Gasteiger partial charge on any atom is -0.497 e. The van der Waals surface area contributed by atoms with Gasteiger partial charge in [0.15, 0.2) is 0 Å². The van der Waals surface area contributed by atoms with Crippen LogP contribution in [0.1, 0.15) is 71.4 Å². The number of amides is 1. The van der Waals surface area contributed by atoms with Crippen LogP contribution in [0.2, 0.25) is 0 Å². The second kappa shape index (κ2) is 12.0. The van der Waals surface area contributed by atoms with Crippen LogP contribution >= 0.6 is 0 Å². The fourth-order valence-electron chi connectivity index (χ4n) is 7.30. The van der Waals surface area contributed by atoms with E-state index in [-0.39, 0.29) is 37.4 Å². The van der Waals surface area contributed by atoms with Crippen molar-refractivity contribution in [1.29, 1.82) is 0 Å². The Bertz CT molecular complexity index is 1470. The Kier molecular flexibility index (Phi) is 8.28. The van der Waals surface area contributed by atoms with E-state index in [1.165, 1.54) is 12.0 Å². The van der Waals surface area contributed by atoms with Crippen molar-refractivity contribution in [3.05, 3.63) is 30.0 Å². The molecule has 4 aliphatic rings. The Hall–Kier alpha value is -3.69. The van der Waals surface area contributed by atoms with Gasteiger partial charge in [-0.2, -0.15) is 0 Å². The summed E-state index contributed by atoms with van der Waals surface area (Å²) in [6.07, 6.45) is 8.56. The first-order valence-electron chi connectivity index (χ1n) is 15.8. The van der Waals surface area contributed by atoms with Gasteiger partial charge in [-0.25, -0.2) is 14.8 Å². The monoisotopic (exact) mass is 605 g/mol. The average molecular weight is 606 g/mol. The Labute approximate surface area is 258 Å². The molecule has 2 bridgehead atoms. The molecule has 0 radical (unpaired) electrons. The molecule has 1 amide bonds. The SMILES string of the molecule is COC(=O)[C@@H]1C[C@@H]2CN1C(=O)[C@H](C(C)(C)C)CC(=O)O[C@H]1[C@H](CCC/C=C/c3nc4ccc(OC)cc4nc3O2)C[C@H]2C[C@H]21. The zero-order valence-corrected chi connectivity index (χ0v) is 26.3. The molecular weight excluding hydrogens is 562 g/mol. The van der Waals surface area contributed by atoms with Crippen LogP contribution in [0.3, 0.4) is 0 Å². The van der Waals surface area contributed by atoms with Crippen molar-refractivity contribution in [1.82, 2.24) is 14.9 Å². The number of carbonyl (C=O) groups excluding carboxylic acids is 3. The Morgan fingerprint density at radius 1 is 1.02 bits per heavy atom. The van der Waals surface area contributed by atoms with Crippen molar-refractivity contribution < 1.29 is 33.3 Å². The van der Waals surface area contributed by atoms with Crippen LogP contribution < -0.4 is 9.47 Å². The first-order chi connectivity index (χ1) is 21.0. The Balaban J connectivity index is 1.37. The summed E-state index contributed by atoms with van der Waals surface area (Å²) >= 11 is 0. The van der Waals surface area contributed by atoms with Gasteiger partial charge in [0.05, 0.1) is 44.1 Å². The number of hydrogen-bond acceptors (Lipinski definition) is 9. The van der Waals surface area contributed by atoms with E-state index in [4.69, 9.17) is 28.9 Å². The third kappa shape index (κ3) is 6.13. The van der Waals surface area contributed by atoms with Crippen molar-refractivity contribution in [2.45, 2.75) is 84.0 Å². The van der Waals surface area contributed by atoms with Gasteiger partial charge in [-0.1, -0.05) is 26.8 Å². The number of aromatic nitrogens is 2.